The third kappa shape index (κ3) is 5.62. The van der Waals surface area contributed by atoms with Gasteiger partial charge in [0.1, 0.15) is 34.9 Å². The molecule has 3 aromatic rings. The number of anilines is 1. The van der Waals surface area contributed by atoms with E-state index >= 15 is 8.78 Å². The van der Waals surface area contributed by atoms with Crippen molar-refractivity contribution in [1.29, 1.82) is 0 Å². The molecule has 2 fully saturated rings. The highest BCUT2D eigenvalue weighted by atomic mass is 19.3. The molecule has 41 heavy (non-hydrogen) atoms. The maximum Gasteiger partial charge on any atom is 0.387 e. The molecule has 2 aliphatic rings. The van der Waals surface area contributed by atoms with Crippen LogP contribution in [0.4, 0.5) is 23.2 Å². The minimum Gasteiger partial charge on any atom is -0.497 e. The van der Waals surface area contributed by atoms with Crippen molar-refractivity contribution in [2.45, 2.75) is 31.0 Å². The molecule has 2 saturated heterocycles. The Labute approximate surface area is 231 Å². The number of hydrogen-bond donors (Lipinski definition) is 1. The van der Waals surface area contributed by atoms with Gasteiger partial charge in [0, 0.05) is 48.5 Å². The predicted molar refractivity (Wildman–Crippen MR) is 138 cm³/mol. The molecule has 5 rings (SSSR count). The molecule has 13 heteroatoms. The van der Waals surface area contributed by atoms with Crippen LogP contribution in [0.25, 0.3) is 0 Å². The first-order valence-electron chi connectivity index (χ1n) is 12.7. The lowest BCUT2D eigenvalue weighted by atomic mass is 9.92. The highest BCUT2D eigenvalue weighted by molar-refractivity contribution is 6.05. The van der Waals surface area contributed by atoms with Gasteiger partial charge in [-0.2, -0.15) is 8.78 Å². The molecule has 1 aromatic heterocycles. The van der Waals surface area contributed by atoms with Crippen LogP contribution in [0.5, 0.6) is 11.5 Å². The summed E-state index contributed by atoms with van der Waals surface area (Å²) in [6.45, 7) is -2.57. The summed E-state index contributed by atoms with van der Waals surface area (Å²) in [6.07, 6.45) is 2.18. The van der Waals surface area contributed by atoms with Gasteiger partial charge in [0.25, 0.3) is 11.5 Å². The standard InChI is InChI=1S/C28H25F4N3O6/c1-39-18-11-20(29)23(21(30)12-18)19-13-35(22-3-2-9-34(26(22)37)16-8-10-40-14-16)27(38)24(19)33-25(36)15-4-6-17(7-5-15)41-28(31)32/h2-7,9,11-12,16,19,24,28H,8,10,13-14H2,1H3,(H,33,36)/t16?,19-,24-/m0/s1. The molecule has 2 aliphatic heterocycles. The molecule has 3 atom stereocenters. The molecule has 0 bridgehead atoms. The van der Waals surface area contributed by atoms with Crippen LogP contribution in [0.3, 0.4) is 0 Å². The van der Waals surface area contributed by atoms with E-state index in [0.717, 1.165) is 29.2 Å². The van der Waals surface area contributed by atoms with E-state index < -0.39 is 53.1 Å². The monoisotopic (exact) mass is 575 g/mol. The Morgan fingerprint density at radius 1 is 1.07 bits per heavy atom. The molecule has 216 valence electrons. The van der Waals surface area contributed by atoms with E-state index in [-0.39, 0.29) is 35.3 Å². The van der Waals surface area contributed by atoms with E-state index in [2.05, 4.69) is 10.1 Å². The molecule has 0 radical (unpaired) electrons. The number of nitrogens with zero attached hydrogens (tertiary/aromatic N) is 2. The van der Waals surface area contributed by atoms with Gasteiger partial charge in [-0.25, -0.2) is 8.78 Å². The molecule has 3 heterocycles. The number of nitrogens with one attached hydrogen (secondary N) is 1. The SMILES string of the molecule is COc1cc(F)c([C@@H]2CN(c3cccn(C4CCOC4)c3=O)C(=O)[C@H]2NC(=O)c2ccc(OC(F)F)cc2)c(F)c1. The second-order valence-electron chi connectivity index (χ2n) is 9.54. The van der Waals surface area contributed by atoms with Crippen molar-refractivity contribution in [2.75, 3.05) is 31.8 Å². The number of rotatable bonds is 8. The number of ether oxygens (including phenoxy) is 3. The van der Waals surface area contributed by atoms with E-state index in [1.807, 2.05) is 0 Å². The average molecular weight is 576 g/mol. The first-order valence-corrected chi connectivity index (χ1v) is 12.7. The zero-order valence-corrected chi connectivity index (χ0v) is 21.7. The third-order valence-electron chi connectivity index (χ3n) is 7.15. The summed E-state index contributed by atoms with van der Waals surface area (Å²) in [4.78, 5) is 41.3. The molecular weight excluding hydrogens is 550 g/mol. The Morgan fingerprint density at radius 3 is 2.39 bits per heavy atom. The fourth-order valence-electron chi connectivity index (χ4n) is 5.15. The van der Waals surface area contributed by atoms with Gasteiger partial charge in [-0.05, 0) is 42.8 Å². The normalized spacial score (nSPS) is 20.5. The van der Waals surface area contributed by atoms with Crippen LogP contribution in [0.1, 0.15) is 34.3 Å². The van der Waals surface area contributed by atoms with Gasteiger partial charge in [-0.1, -0.05) is 0 Å². The number of alkyl halides is 2. The zero-order valence-electron chi connectivity index (χ0n) is 21.7. The molecule has 9 nitrogen and oxygen atoms in total. The Balaban J connectivity index is 1.50. The molecule has 0 aliphatic carbocycles. The number of methoxy groups -OCH3 is 1. The van der Waals surface area contributed by atoms with Crippen molar-refractivity contribution in [3.63, 3.8) is 0 Å². The number of pyridine rings is 1. The topological polar surface area (TPSA) is 99.1 Å². The maximum absolute atomic E-state index is 15.2. The van der Waals surface area contributed by atoms with Crippen LogP contribution >= 0.6 is 0 Å². The van der Waals surface area contributed by atoms with Crippen molar-refractivity contribution in [3.8, 4) is 11.5 Å². The lowest BCUT2D eigenvalue weighted by Gasteiger charge is -2.20. The van der Waals surface area contributed by atoms with Crippen LogP contribution in [0.15, 0.2) is 59.5 Å². The molecule has 0 saturated carbocycles. The minimum absolute atomic E-state index is 0.0180. The minimum atomic E-state index is -3.06. The van der Waals surface area contributed by atoms with Gasteiger partial charge >= 0.3 is 6.61 Å². The number of carbonyl (C=O) groups excluding carboxylic acids is 2. The van der Waals surface area contributed by atoms with Gasteiger partial charge in [-0.15, -0.1) is 0 Å². The number of halogens is 4. The van der Waals surface area contributed by atoms with Crippen molar-refractivity contribution in [1.82, 2.24) is 9.88 Å². The molecule has 2 amide bonds. The van der Waals surface area contributed by atoms with Gasteiger partial charge in [0.05, 0.1) is 19.8 Å². The number of benzene rings is 2. The van der Waals surface area contributed by atoms with E-state index in [4.69, 9.17) is 9.47 Å². The van der Waals surface area contributed by atoms with Crippen LogP contribution in [0, 0.1) is 11.6 Å². The Hall–Kier alpha value is -4.39. The van der Waals surface area contributed by atoms with Gasteiger partial charge in [0.15, 0.2) is 0 Å². The first kappa shape index (κ1) is 28.1. The van der Waals surface area contributed by atoms with Gasteiger partial charge in [0.2, 0.25) is 5.91 Å². The van der Waals surface area contributed by atoms with E-state index in [1.54, 1.807) is 12.3 Å². The highest BCUT2D eigenvalue weighted by Crippen LogP contribution is 2.36. The van der Waals surface area contributed by atoms with Crippen molar-refractivity contribution < 1.29 is 41.4 Å². The second-order valence-corrected chi connectivity index (χ2v) is 9.54. The number of aromatic nitrogens is 1. The third-order valence-corrected chi connectivity index (χ3v) is 7.15. The Bertz CT molecular complexity index is 1480. The Kier molecular flexibility index (Phi) is 7.97. The van der Waals surface area contributed by atoms with Gasteiger partial charge in [-0.3, -0.25) is 14.4 Å². The van der Waals surface area contributed by atoms with Crippen molar-refractivity contribution in [3.05, 3.63) is 87.8 Å². The van der Waals surface area contributed by atoms with Crippen LogP contribution in [-0.2, 0) is 9.53 Å². The maximum atomic E-state index is 15.2. The first-order chi connectivity index (χ1) is 19.7. The van der Waals surface area contributed by atoms with E-state index in [9.17, 15) is 23.2 Å². The number of amides is 2. The van der Waals surface area contributed by atoms with Crippen LogP contribution in [0.2, 0.25) is 0 Å². The average Bonchev–Trinajstić information content (AvgIpc) is 3.58. The van der Waals surface area contributed by atoms with E-state index in [0.29, 0.717) is 19.6 Å². The van der Waals surface area contributed by atoms with Crippen LogP contribution < -0.4 is 25.2 Å². The molecule has 0 spiro atoms. The van der Waals surface area contributed by atoms with Gasteiger partial charge < -0.3 is 29.0 Å². The fourth-order valence-corrected chi connectivity index (χ4v) is 5.15. The molecule has 1 unspecified atom stereocenters. The highest BCUT2D eigenvalue weighted by Gasteiger charge is 2.46. The number of hydrogen-bond acceptors (Lipinski definition) is 6. The second kappa shape index (κ2) is 11.6. The quantitative estimate of drug-likeness (QED) is 0.412. The largest absolute Gasteiger partial charge is 0.497 e. The molecule has 2 aromatic carbocycles. The lowest BCUT2D eigenvalue weighted by molar-refractivity contribution is -0.118. The van der Waals surface area contributed by atoms with E-state index in [1.165, 1.54) is 29.9 Å². The number of carbonyl (C=O) groups is 2. The summed E-state index contributed by atoms with van der Waals surface area (Å²) in [7, 11) is 1.24. The fraction of sp³-hybridized carbons (Fsp3) is 0.321. The molecular formula is C28H25F4N3O6. The summed E-state index contributed by atoms with van der Waals surface area (Å²) in [5.41, 5.74) is -0.995. The van der Waals surface area contributed by atoms with Crippen molar-refractivity contribution >= 4 is 17.5 Å². The molecule has 1 N–H and O–H groups in total. The summed E-state index contributed by atoms with van der Waals surface area (Å²) < 4.78 is 71.4. The summed E-state index contributed by atoms with van der Waals surface area (Å²) in [6, 6.07) is 7.91. The van der Waals surface area contributed by atoms with Crippen LogP contribution in [-0.4, -0.2) is 55.9 Å². The summed E-state index contributed by atoms with van der Waals surface area (Å²) in [5, 5.41) is 2.51. The van der Waals surface area contributed by atoms with Crippen molar-refractivity contribution in [2.24, 2.45) is 0 Å². The summed E-state index contributed by atoms with van der Waals surface area (Å²) >= 11 is 0. The zero-order chi connectivity index (χ0) is 29.3. The smallest absolute Gasteiger partial charge is 0.387 e. The summed E-state index contributed by atoms with van der Waals surface area (Å²) in [5.74, 6) is -5.06. The predicted octanol–water partition coefficient (Wildman–Crippen LogP) is 3.63. The Morgan fingerprint density at radius 2 is 1.78 bits per heavy atom. The lowest BCUT2D eigenvalue weighted by Crippen LogP contribution is -2.44.